The van der Waals surface area contributed by atoms with Gasteiger partial charge < -0.3 is 10.5 Å². The van der Waals surface area contributed by atoms with Crippen molar-refractivity contribution in [3.05, 3.63) is 23.8 Å². The maximum atomic E-state index is 12.7. The predicted octanol–water partition coefficient (Wildman–Crippen LogP) is 1.89. The lowest BCUT2D eigenvalue weighted by Gasteiger charge is -2.32. The van der Waals surface area contributed by atoms with Crippen LogP contribution in [0.3, 0.4) is 0 Å². The van der Waals surface area contributed by atoms with Crippen LogP contribution in [0.1, 0.15) is 31.2 Å². The number of ether oxygens (including phenoxy) is 1. The summed E-state index contributed by atoms with van der Waals surface area (Å²) in [6, 6.07) is 5.22. The molecule has 1 aromatic rings. The van der Waals surface area contributed by atoms with E-state index in [1.807, 2.05) is 6.92 Å². The molecule has 0 unspecified atom stereocenters. The molecular weight excluding hydrogens is 288 g/mol. The summed E-state index contributed by atoms with van der Waals surface area (Å²) >= 11 is 0. The van der Waals surface area contributed by atoms with Crippen LogP contribution in [0, 0.1) is 6.92 Å². The molecule has 1 saturated carbocycles. The third-order valence-corrected chi connectivity index (χ3v) is 6.20. The second-order valence-corrected chi connectivity index (χ2v) is 7.72. The molecule has 0 aliphatic heterocycles. The average molecular weight is 312 g/mol. The number of nitrogens with zero attached hydrogens (tertiary/aromatic N) is 1. The van der Waals surface area contributed by atoms with Crippen LogP contribution >= 0.6 is 0 Å². The summed E-state index contributed by atoms with van der Waals surface area (Å²) in [5.74, 6) is 0.695. The fourth-order valence-electron chi connectivity index (χ4n) is 2.84. The first-order valence-corrected chi connectivity index (χ1v) is 8.68. The van der Waals surface area contributed by atoms with Gasteiger partial charge in [-0.2, -0.15) is 4.31 Å². The van der Waals surface area contributed by atoms with Crippen molar-refractivity contribution in [2.45, 2.75) is 49.6 Å². The fraction of sp³-hybridized carbons (Fsp3) is 0.600. The third-order valence-electron chi connectivity index (χ3n) is 4.30. The van der Waals surface area contributed by atoms with Gasteiger partial charge in [-0.1, -0.05) is 0 Å². The van der Waals surface area contributed by atoms with Crippen LogP contribution < -0.4 is 10.5 Å². The predicted molar refractivity (Wildman–Crippen MR) is 82.9 cm³/mol. The second kappa shape index (κ2) is 6.34. The second-order valence-electron chi connectivity index (χ2n) is 5.72. The molecule has 118 valence electrons. The van der Waals surface area contributed by atoms with Crippen LogP contribution in [0.4, 0.5) is 0 Å². The number of benzene rings is 1. The zero-order chi connectivity index (χ0) is 15.6. The van der Waals surface area contributed by atoms with Gasteiger partial charge in [0.05, 0.1) is 12.0 Å². The first-order chi connectivity index (χ1) is 9.86. The highest BCUT2D eigenvalue weighted by Gasteiger charge is 2.30. The Morgan fingerprint density at radius 2 is 1.86 bits per heavy atom. The largest absolute Gasteiger partial charge is 0.496 e. The Morgan fingerprint density at radius 3 is 2.38 bits per heavy atom. The van der Waals surface area contributed by atoms with Crippen molar-refractivity contribution in [2.24, 2.45) is 5.73 Å². The summed E-state index contributed by atoms with van der Waals surface area (Å²) in [5, 5.41) is 0. The lowest BCUT2D eigenvalue weighted by molar-refractivity contribution is 0.268. The summed E-state index contributed by atoms with van der Waals surface area (Å²) in [4.78, 5) is 0.318. The van der Waals surface area contributed by atoms with E-state index in [4.69, 9.17) is 10.5 Å². The van der Waals surface area contributed by atoms with E-state index in [1.54, 1.807) is 32.4 Å². The van der Waals surface area contributed by atoms with E-state index in [-0.39, 0.29) is 12.1 Å². The number of sulfonamides is 1. The summed E-state index contributed by atoms with van der Waals surface area (Å²) in [6.45, 7) is 1.84. The number of rotatable bonds is 4. The maximum Gasteiger partial charge on any atom is 0.243 e. The van der Waals surface area contributed by atoms with E-state index < -0.39 is 10.0 Å². The molecule has 0 atom stereocenters. The van der Waals surface area contributed by atoms with E-state index in [1.165, 1.54) is 4.31 Å². The molecule has 21 heavy (non-hydrogen) atoms. The van der Waals surface area contributed by atoms with Gasteiger partial charge in [0.25, 0.3) is 0 Å². The van der Waals surface area contributed by atoms with Crippen LogP contribution in [0.5, 0.6) is 5.75 Å². The van der Waals surface area contributed by atoms with Gasteiger partial charge in [0.1, 0.15) is 5.75 Å². The molecule has 0 amide bonds. The van der Waals surface area contributed by atoms with Gasteiger partial charge in [-0.05, 0) is 56.4 Å². The Labute approximate surface area is 127 Å². The maximum absolute atomic E-state index is 12.7. The van der Waals surface area contributed by atoms with Crippen LogP contribution in [-0.4, -0.2) is 39.0 Å². The van der Waals surface area contributed by atoms with Crippen LogP contribution in [0.25, 0.3) is 0 Å². The van der Waals surface area contributed by atoms with Gasteiger partial charge >= 0.3 is 0 Å². The number of aryl methyl sites for hydroxylation is 1. The average Bonchev–Trinajstić information content (AvgIpc) is 2.47. The molecule has 2 N–H and O–H groups in total. The monoisotopic (exact) mass is 312 g/mol. The summed E-state index contributed by atoms with van der Waals surface area (Å²) in [7, 11) is -0.226. The molecule has 1 aliphatic rings. The van der Waals surface area contributed by atoms with Crippen molar-refractivity contribution in [3.63, 3.8) is 0 Å². The molecule has 1 fully saturated rings. The van der Waals surface area contributed by atoms with Crippen LogP contribution in [-0.2, 0) is 10.0 Å². The smallest absolute Gasteiger partial charge is 0.243 e. The third kappa shape index (κ3) is 3.39. The van der Waals surface area contributed by atoms with Gasteiger partial charge in [-0.15, -0.1) is 0 Å². The lowest BCUT2D eigenvalue weighted by atomic mass is 9.92. The molecule has 0 aromatic heterocycles. The van der Waals surface area contributed by atoms with Gasteiger partial charge in [-0.25, -0.2) is 8.42 Å². The number of nitrogens with two attached hydrogens (primary N) is 1. The molecule has 0 radical (unpaired) electrons. The SMILES string of the molecule is COc1ccc(S(=O)(=O)N(C)C2CCC(N)CC2)cc1C. The van der Waals surface area contributed by atoms with Crippen molar-refractivity contribution in [2.75, 3.05) is 14.2 Å². The summed E-state index contributed by atoms with van der Waals surface area (Å²) < 4.78 is 32.1. The van der Waals surface area contributed by atoms with Crippen molar-refractivity contribution in [1.82, 2.24) is 4.31 Å². The molecule has 0 bridgehead atoms. The zero-order valence-corrected chi connectivity index (χ0v) is 13.7. The molecule has 1 aromatic carbocycles. The molecule has 0 spiro atoms. The Hall–Kier alpha value is -1.11. The fourth-order valence-corrected chi connectivity index (χ4v) is 4.34. The molecular formula is C15H24N2O3S. The highest BCUT2D eigenvalue weighted by atomic mass is 32.2. The Kier molecular flexibility index (Phi) is 4.91. The minimum Gasteiger partial charge on any atom is -0.496 e. The molecule has 0 heterocycles. The van der Waals surface area contributed by atoms with Crippen LogP contribution in [0.2, 0.25) is 0 Å². The zero-order valence-electron chi connectivity index (χ0n) is 12.9. The first kappa shape index (κ1) is 16.3. The highest BCUT2D eigenvalue weighted by molar-refractivity contribution is 7.89. The van der Waals surface area contributed by atoms with Crippen molar-refractivity contribution in [3.8, 4) is 5.75 Å². The normalized spacial score (nSPS) is 23.3. The Morgan fingerprint density at radius 1 is 1.24 bits per heavy atom. The molecule has 0 saturated heterocycles. The first-order valence-electron chi connectivity index (χ1n) is 7.24. The van der Waals surface area contributed by atoms with Gasteiger partial charge in [-0.3, -0.25) is 0 Å². The standard InChI is InChI=1S/C15H24N2O3S/c1-11-10-14(8-9-15(11)20-3)21(18,19)17(2)13-6-4-12(16)5-7-13/h8-10,12-13H,4-7,16H2,1-3H3. The number of hydrogen-bond donors (Lipinski definition) is 1. The van der Waals surface area contributed by atoms with Crippen molar-refractivity contribution >= 4 is 10.0 Å². The summed E-state index contributed by atoms with van der Waals surface area (Å²) in [5.41, 5.74) is 6.70. The van der Waals surface area contributed by atoms with Gasteiger partial charge in [0.15, 0.2) is 0 Å². The molecule has 1 aliphatic carbocycles. The van der Waals surface area contributed by atoms with E-state index in [2.05, 4.69) is 0 Å². The van der Waals surface area contributed by atoms with Crippen molar-refractivity contribution < 1.29 is 13.2 Å². The minimum absolute atomic E-state index is 0.0391. The molecule has 6 heteroatoms. The Bertz CT molecular complexity index is 593. The quantitative estimate of drug-likeness (QED) is 0.921. The van der Waals surface area contributed by atoms with E-state index >= 15 is 0 Å². The number of hydrogen-bond acceptors (Lipinski definition) is 4. The molecule has 5 nitrogen and oxygen atoms in total. The van der Waals surface area contributed by atoms with E-state index in [0.717, 1.165) is 31.2 Å². The minimum atomic E-state index is -3.47. The van der Waals surface area contributed by atoms with Gasteiger partial charge in [0.2, 0.25) is 10.0 Å². The topological polar surface area (TPSA) is 72.6 Å². The molecule has 2 rings (SSSR count). The van der Waals surface area contributed by atoms with Crippen molar-refractivity contribution in [1.29, 1.82) is 0 Å². The number of methoxy groups -OCH3 is 1. The highest BCUT2D eigenvalue weighted by Crippen LogP contribution is 2.28. The lowest BCUT2D eigenvalue weighted by Crippen LogP contribution is -2.41. The summed E-state index contributed by atoms with van der Waals surface area (Å²) in [6.07, 6.45) is 3.41. The van der Waals surface area contributed by atoms with Gasteiger partial charge in [0, 0.05) is 19.1 Å². The van der Waals surface area contributed by atoms with Crippen LogP contribution in [0.15, 0.2) is 23.1 Å². The van der Waals surface area contributed by atoms with E-state index in [9.17, 15) is 8.42 Å². The van der Waals surface area contributed by atoms with E-state index in [0.29, 0.717) is 10.6 Å². The Balaban J connectivity index is 2.22.